The van der Waals surface area contributed by atoms with Crippen molar-refractivity contribution in [3.8, 4) is 17.6 Å². The van der Waals surface area contributed by atoms with Gasteiger partial charge in [0.2, 0.25) is 11.8 Å². The van der Waals surface area contributed by atoms with Gasteiger partial charge in [0.05, 0.1) is 34.6 Å². The summed E-state index contributed by atoms with van der Waals surface area (Å²) in [4.78, 5) is 65.4. The zero-order valence-electron chi connectivity index (χ0n) is 33.3. The van der Waals surface area contributed by atoms with Gasteiger partial charge in [-0.1, -0.05) is 11.6 Å². The molecule has 2 saturated heterocycles. The van der Waals surface area contributed by atoms with E-state index in [4.69, 9.17) is 26.8 Å². The summed E-state index contributed by atoms with van der Waals surface area (Å²) in [6.45, 7) is 7.07. The number of primary amides is 1. The van der Waals surface area contributed by atoms with Gasteiger partial charge in [0, 0.05) is 69.2 Å². The molecule has 312 valence electrons. The topological polar surface area (TPSA) is 184 Å². The molecule has 2 aromatic carbocycles. The van der Waals surface area contributed by atoms with Gasteiger partial charge in [-0.25, -0.2) is 14.4 Å². The fourth-order valence-corrected chi connectivity index (χ4v) is 9.03. The first-order chi connectivity index (χ1) is 28.4. The maximum atomic E-state index is 15.9. The van der Waals surface area contributed by atoms with Crippen molar-refractivity contribution >= 4 is 41.0 Å². The normalized spacial score (nSPS) is 23.6. The predicted octanol–water partition coefficient (Wildman–Crippen LogP) is 5.41. The van der Waals surface area contributed by atoms with E-state index in [1.165, 1.54) is 23.2 Å². The van der Waals surface area contributed by atoms with E-state index in [9.17, 15) is 24.4 Å². The third-order valence-electron chi connectivity index (χ3n) is 12.2. The minimum atomic E-state index is -0.921. The first-order valence-electron chi connectivity index (χ1n) is 20.5. The van der Waals surface area contributed by atoms with Crippen molar-refractivity contribution in [3.63, 3.8) is 0 Å². The van der Waals surface area contributed by atoms with E-state index in [2.05, 4.69) is 38.9 Å². The molecule has 0 radical (unpaired) electrons. The number of carbonyl (C=O) groups excluding carboxylic acids is 4. The third kappa shape index (κ3) is 9.77. The zero-order valence-corrected chi connectivity index (χ0v) is 34.1. The number of nitrogens with one attached hydrogen (secondary N) is 1. The molecule has 4 fully saturated rings. The molecular formula is C43H50ClFN8O6. The third-order valence-corrected chi connectivity index (χ3v) is 12.5. The minimum absolute atomic E-state index is 0.0779. The van der Waals surface area contributed by atoms with Gasteiger partial charge in [0.1, 0.15) is 47.0 Å². The molecule has 4 aliphatic rings. The fraction of sp³-hybridized carbons (Fsp3) is 0.512. The number of benzene rings is 2. The van der Waals surface area contributed by atoms with Gasteiger partial charge < -0.3 is 25.0 Å². The molecule has 3 aromatic rings. The average molecular weight is 829 g/mol. The smallest absolute Gasteiger partial charge is 0.268 e. The van der Waals surface area contributed by atoms with Crippen LogP contribution in [0.3, 0.4) is 0 Å². The molecule has 1 aromatic heterocycles. The van der Waals surface area contributed by atoms with E-state index in [-0.39, 0.29) is 42.3 Å². The number of aromatic nitrogens is 2. The lowest BCUT2D eigenvalue weighted by Gasteiger charge is -2.46. The molecule has 59 heavy (non-hydrogen) atoms. The van der Waals surface area contributed by atoms with Gasteiger partial charge in [-0.05, 0) is 89.0 Å². The van der Waals surface area contributed by atoms with Crippen LogP contribution >= 0.6 is 11.6 Å². The number of amides is 4. The van der Waals surface area contributed by atoms with Gasteiger partial charge in [-0.3, -0.25) is 29.4 Å². The molecule has 2 aliphatic heterocycles. The van der Waals surface area contributed by atoms with E-state index in [1.54, 1.807) is 30.5 Å². The number of imide groups is 1. The van der Waals surface area contributed by atoms with E-state index >= 15 is 4.39 Å². The van der Waals surface area contributed by atoms with Gasteiger partial charge in [0.25, 0.3) is 11.8 Å². The number of hydrogen-bond donors (Lipinski definition) is 2. The van der Waals surface area contributed by atoms with Crippen LogP contribution in [0.2, 0.25) is 5.02 Å². The van der Waals surface area contributed by atoms with Crippen molar-refractivity contribution in [3.05, 3.63) is 76.5 Å². The molecule has 2 saturated carbocycles. The van der Waals surface area contributed by atoms with E-state index in [0.29, 0.717) is 65.8 Å². The molecule has 1 unspecified atom stereocenters. The summed E-state index contributed by atoms with van der Waals surface area (Å²) in [6, 6.07) is 10.6. The van der Waals surface area contributed by atoms with Crippen molar-refractivity contribution in [2.45, 2.75) is 114 Å². The number of anilines is 1. The highest BCUT2D eigenvalue weighted by Crippen LogP contribution is 2.36. The maximum absolute atomic E-state index is 15.9. The first kappa shape index (κ1) is 41.8. The predicted molar refractivity (Wildman–Crippen MR) is 216 cm³/mol. The summed E-state index contributed by atoms with van der Waals surface area (Å²) in [5.74, 6) is -0.777. The Labute approximate surface area is 348 Å². The number of piperidine rings is 2. The lowest BCUT2D eigenvalue weighted by Crippen LogP contribution is -2.58. The molecular weight excluding hydrogens is 779 g/mol. The number of halogens is 2. The van der Waals surface area contributed by atoms with E-state index < -0.39 is 35.5 Å². The summed E-state index contributed by atoms with van der Waals surface area (Å²) in [6.07, 6.45) is 8.72. The Bertz CT molecular complexity index is 2080. The first-order valence-corrected chi connectivity index (χ1v) is 20.9. The van der Waals surface area contributed by atoms with Gasteiger partial charge in [0.15, 0.2) is 0 Å². The molecule has 3 heterocycles. The van der Waals surface area contributed by atoms with Crippen LogP contribution in [0, 0.1) is 23.1 Å². The van der Waals surface area contributed by atoms with Crippen molar-refractivity contribution in [2.75, 3.05) is 24.5 Å². The molecule has 0 spiro atoms. The van der Waals surface area contributed by atoms with Crippen molar-refractivity contribution in [1.82, 2.24) is 25.1 Å². The van der Waals surface area contributed by atoms with E-state index in [1.807, 2.05) is 6.07 Å². The summed E-state index contributed by atoms with van der Waals surface area (Å²) in [7, 11) is 0. The van der Waals surface area contributed by atoms with E-state index in [0.717, 1.165) is 51.1 Å². The Hall–Kier alpha value is -5.33. The quantitative estimate of drug-likeness (QED) is 0.210. The van der Waals surface area contributed by atoms with Crippen LogP contribution in [0.15, 0.2) is 48.8 Å². The standard InChI is InChI=1S/C43H50ClFN8O6/c1-25(2)52(24-26-13-15-51(16-14-26)39-23-48-37(22-49-39)41(47)55)29-17-33(18-29)59-32-9-10-34(36(45)20-32)43(57)53(38-11-12-40(54)50-42(38)56)28-4-7-30(8-5-28)58-31-6-3-27(21-46)35(44)19-31/h3,6,9-10,19-20,22-23,25-26,28-30,33,38H,4-5,7-8,11-18,24H2,1-2H3,(H2,47,55)(H,50,54,56). The number of nitrogens with two attached hydrogens (primary N) is 1. The number of rotatable bonds is 13. The molecule has 4 amide bonds. The number of carbonyl (C=O) groups is 4. The second-order valence-corrected chi connectivity index (χ2v) is 16.7. The lowest BCUT2D eigenvalue weighted by atomic mass is 9.85. The Morgan fingerprint density at radius 1 is 0.966 bits per heavy atom. The van der Waals surface area contributed by atoms with Gasteiger partial charge in [-0.15, -0.1) is 0 Å². The Morgan fingerprint density at radius 2 is 1.66 bits per heavy atom. The Morgan fingerprint density at radius 3 is 2.27 bits per heavy atom. The molecule has 7 rings (SSSR count). The second-order valence-electron chi connectivity index (χ2n) is 16.3. The van der Waals surface area contributed by atoms with Crippen LogP contribution in [0.25, 0.3) is 0 Å². The summed E-state index contributed by atoms with van der Waals surface area (Å²) >= 11 is 6.20. The second kappa shape index (κ2) is 18.3. The molecule has 2 aliphatic carbocycles. The van der Waals surface area contributed by atoms with Crippen molar-refractivity contribution in [1.29, 1.82) is 5.26 Å². The minimum Gasteiger partial charge on any atom is -0.490 e. The Balaban J connectivity index is 0.936. The fourth-order valence-electron chi connectivity index (χ4n) is 8.82. The van der Waals surface area contributed by atoms with Crippen LogP contribution < -0.4 is 25.4 Å². The maximum Gasteiger partial charge on any atom is 0.268 e. The largest absolute Gasteiger partial charge is 0.490 e. The molecule has 1 atom stereocenters. The highest BCUT2D eigenvalue weighted by molar-refractivity contribution is 6.31. The molecule has 0 bridgehead atoms. The number of nitriles is 1. The van der Waals surface area contributed by atoms with Crippen molar-refractivity contribution in [2.24, 2.45) is 11.7 Å². The number of nitrogens with zero attached hydrogens (tertiary/aromatic N) is 6. The van der Waals surface area contributed by atoms with Gasteiger partial charge >= 0.3 is 0 Å². The van der Waals surface area contributed by atoms with Crippen LogP contribution in [-0.4, -0.2) is 99.4 Å². The molecule has 14 nitrogen and oxygen atoms in total. The SMILES string of the molecule is CC(C)N(CC1CCN(c2cnc(C(N)=O)cn2)CC1)C1CC(Oc2ccc(C(=O)N(C3CCC(Oc4ccc(C#N)c(Cl)c4)CC3)C3CCC(=O)NC3=O)c(F)c2)C1. The lowest BCUT2D eigenvalue weighted by molar-refractivity contribution is -0.137. The molecule has 16 heteroatoms. The summed E-state index contributed by atoms with van der Waals surface area (Å²) in [5.41, 5.74) is 5.64. The monoisotopic (exact) mass is 828 g/mol. The summed E-state index contributed by atoms with van der Waals surface area (Å²) in [5, 5.41) is 11.8. The van der Waals surface area contributed by atoms with Gasteiger partial charge in [-0.2, -0.15) is 5.26 Å². The van der Waals surface area contributed by atoms with Crippen LogP contribution in [0.1, 0.15) is 104 Å². The van der Waals surface area contributed by atoms with Crippen LogP contribution in [0.4, 0.5) is 10.2 Å². The van der Waals surface area contributed by atoms with Crippen LogP contribution in [-0.2, 0) is 9.59 Å². The molecule has 3 N–H and O–H groups in total. The zero-order chi connectivity index (χ0) is 41.8. The highest BCUT2D eigenvalue weighted by Gasteiger charge is 2.42. The number of hydrogen-bond acceptors (Lipinski definition) is 11. The number of ether oxygens (including phenoxy) is 2. The van der Waals surface area contributed by atoms with Crippen LogP contribution in [0.5, 0.6) is 11.5 Å². The Kier molecular flexibility index (Phi) is 13.0. The average Bonchev–Trinajstić information content (AvgIpc) is 3.20. The highest BCUT2D eigenvalue weighted by atomic mass is 35.5. The summed E-state index contributed by atoms with van der Waals surface area (Å²) < 4.78 is 28.3. The van der Waals surface area contributed by atoms with Crippen molar-refractivity contribution < 1.29 is 33.0 Å².